The van der Waals surface area contributed by atoms with E-state index in [-0.39, 0.29) is 0 Å². The average Bonchev–Trinajstić information content (AvgIpc) is 2.14. The van der Waals surface area contributed by atoms with Gasteiger partial charge in [-0.2, -0.15) is 13.2 Å². The monoisotopic (exact) mass is 248 g/mol. The highest BCUT2D eigenvalue weighted by molar-refractivity contribution is 5.94. The minimum atomic E-state index is -4.52. The summed E-state index contributed by atoms with van der Waals surface area (Å²) in [6.07, 6.45) is -5.89. The molecule has 17 heavy (non-hydrogen) atoms. The number of carboxylic acids is 2. The normalized spacial score (nSPS) is 11.2. The van der Waals surface area contributed by atoms with Gasteiger partial charge in [0.15, 0.2) is 0 Å². The summed E-state index contributed by atoms with van der Waals surface area (Å²) in [5, 5.41) is 17.3. The summed E-state index contributed by atoms with van der Waals surface area (Å²) in [6.45, 7) is 0. The first kappa shape index (κ1) is 13.0. The molecule has 92 valence electrons. The molecule has 7 heteroatoms. The lowest BCUT2D eigenvalue weighted by atomic mass is 10.0. The number of aromatic carboxylic acids is 2. The second-order valence-corrected chi connectivity index (χ2v) is 3.32. The van der Waals surface area contributed by atoms with Crippen molar-refractivity contribution >= 4 is 11.9 Å². The molecule has 0 aromatic heterocycles. The van der Waals surface area contributed by atoms with Crippen LogP contribution in [0.2, 0.25) is 0 Å². The molecule has 1 aromatic carbocycles. The third kappa shape index (κ3) is 3.78. The zero-order valence-corrected chi connectivity index (χ0v) is 8.28. The highest BCUT2D eigenvalue weighted by Gasteiger charge is 2.28. The SMILES string of the molecule is O=C(O)c1cc(CC(F)(F)F)cc(C(=O)O)c1. The molecular formula is C10H7F3O4. The molecule has 0 saturated heterocycles. The Hall–Kier alpha value is -2.05. The van der Waals surface area contributed by atoms with Gasteiger partial charge in [0.1, 0.15) is 0 Å². The second kappa shape index (κ2) is 4.44. The molecular weight excluding hydrogens is 241 g/mol. The first-order valence-corrected chi connectivity index (χ1v) is 4.36. The lowest BCUT2D eigenvalue weighted by molar-refractivity contribution is -0.127. The molecule has 0 fully saturated rings. The molecule has 0 aliphatic heterocycles. The van der Waals surface area contributed by atoms with Crippen LogP contribution in [0.25, 0.3) is 0 Å². The average molecular weight is 248 g/mol. The van der Waals surface area contributed by atoms with Crippen LogP contribution in [0.15, 0.2) is 18.2 Å². The minimum Gasteiger partial charge on any atom is -0.478 e. The summed E-state index contributed by atoms with van der Waals surface area (Å²) in [7, 11) is 0. The standard InChI is InChI=1S/C10H7F3O4/c11-10(12,13)4-5-1-6(8(14)15)3-7(2-5)9(16)17/h1-3H,4H2,(H,14,15)(H,16,17). The van der Waals surface area contributed by atoms with Gasteiger partial charge in [-0.15, -0.1) is 0 Å². The van der Waals surface area contributed by atoms with Crippen molar-refractivity contribution in [2.75, 3.05) is 0 Å². The van der Waals surface area contributed by atoms with E-state index in [0.29, 0.717) is 0 Å². The van der Waals surface area contributed by atoms with Crippen molar-refractivity contribution in [3.63, 3.8) is 0 Å². The topological polar surface area (TPSA) is 74.6 Å². The second-order valence-electron chi connectivity index (χ2n) is 3.32. The predicted molar refractivity (Wildman–Crippen MR) is 50.1 cm³/mol. The predicted octanol–water partition coefficient (Wildman–Crippen LogP) is 2.19. The quantitative estimate of drug-likeness (QED) is 0.859. The summed E-state index contributed by atoms with van der Waals surface area (Å²) in [4.78, 5) is 21.2. The van der Waals surface area contributed by atoms with E-state index in [1.807, 2.05) is 0 Å². The Balaban J connectivity index is 3.22. The van der Waals surface area contributed by atoms with E-state index < -0.39 is 41.2 Å². The number of carbonyl (C=O) groups is 2. The molecule has 0 aliphatic rings. The molecule has 0 heterocycles. The molecule has 2 N–H and O–H groups in total. The van der Waals surface area contributed by atoms with Gasteiger partial charge in [-0.1, -0.05) is 0 Å². The molecule has 1 aromatic rings. The fourth-order valence-corrected chi connectivity index (χ4v) is 1.27. The minimum absolute atomic E-state index is 0.394. The molecule has 0 saturated carbocycles. The van der Waals surface area contributed by atoms with E-state index in [2.05, 4.69) is 0 Å². The lowest BCUT2D eigenvalue weighted by Crippen LogP contribution is -2.13. The van der Waals surface area contributed by atoms with Crippen molar-refractivity contribution < 1.29 is 33.0 Å². The molecule has 0 radical (unpaired) electrons. The van der Waals surface area contributed by atoms with Gasteiger partial charge in [-0.3, -0.25) is 0 Å². The Morgan fingerprint density at radius 1 is 1.00 bits per heavy atom. The fraction of sp³-hybridized carbons (Fsp3) is 0.200. The third-order valence-electron chi connectivity index (χ3n) is 1.89. The number of carboxylic acid groups (broad SMARTS) is 2. The number of hydrogen-bond acceptors (Lipinski definition) is 2. The van der Waals surface area contributed by atoms with Crippen LogP contribution in [0.4, 0.5) is 13.2 Å². The molecule has 1 rings (SSSR count). The summed E-state index contributed by atoms with van der Waals surface area (Å²) < 4.78 is 36.3. The van der Waals surface area contributed by atoms with Gasteiger partial charge >= 0.3 is 18.1 Å². The van der Waals surface area contributed by atoms with Crippen LogP contribution in [-0.4, -0.2) is 28.3 Å². The number of halogens is 3. The Labute approximate surface area is 93.3 Å². The van der Waals surface area contributed by atoms with Crippen LogP contribution in [0.3, 0.4) is 0 Å². The summed E-state index contributed by atoms with van der Waals surface area (Å²) in [5.74, 6) is -2.95. The maximum Gasteiger partial charge on any atom is 0.393 e. The van der Waals surface area contributed by atoms with Crippen molar-refractivity contribution in [2.24, 2.45) is 0 Å². The van der Waals surface area contributed by atoms with E-state index in [1.54, 1.807) is 0 Å². The third-order valence-corrected chi connectivity index (χ3v) is 1.89. The largest absolute Gasteiger partial charge is 0.478 e. The van der Waals surface area contributed by atoms with Crippen LogP contribution < -0.4 is 0 Å². The smallest absolute Gasteiger partial charge is 0.393 e. The first-order chi connectivity index (χ1) is 7.69. The summed E-state index contributed by atoms with van der Waals surface area (Å²) >= 11 is 0. The maximum absolute atomic E-state index is 12.1. The van der Waals surface area contributed by atoms with E-state index >= 15 is 0 Å². The molecule has 0 bridgehead atoms. The van der Waals surface area contributed by atoms with Gasteiger partial charge in [0, 0.05) is 0 Å². The van der Waals surface area contributed by atoms with E-state index in [4.69, 9.17) is 10.2 Å². The van der Waals surface area contributed by atoms with Gasteiger partial charge in [0.05, 0.1) is 17.5 Å². The van der Waals surface area contributed by atoms with Crippen molar-refractivity contribution in [3.05, 3.63) is 34.9 Å². The molecule has 4 nitrogen and oxygen atoms in total. The van der Waals surface area contributed by atoms with Crippen LogP contribution in [0.5, 0.6) is 0 Å². The highest BCUT2D eigenvalue weighted by Crippen LogP contribution is 2.23. The molecule has 0 atom stereocenters. The number of hydrogen-bond donors (Lipinski definition) is 2. The Morgan fingerprint density at radius 3 is 1.71 bits per heavy atom. The van der Waals surface area contributed by atoms with Crippen molar-refractivity contribution in [2.45, 2.75) is 12.6 Å². The van der Waals surface area contributed by atoms with E-state index in [1.165, 1.54) is 0 Å². The summed E-state index contributed by atoms with van der Waals surface area (Å²) in [6, 6.07) is 2.43. The zero-order chi connectivity index (χ0) is 13.2. The van der Waals surface area contributed by atoms with Crippen LogP contribution >= 0.6 is 0 Å². The van der Waals surface area contributed by atoms with Gasteiger partial charge in [-0.25, -0.2) is 9.59 Å². The lowest BCUT2D eigenvalue weighted by Gasteiger charge is -2.08. The molecule has 0 amide bonds. The van der Waals surface area contributed by atoms with Crippen molar-refractivity contribution in [1.82, 2.24) is 0 Å². The van der Waals surface area contributed by atoms with Crippen molar-refractivity contribution in [1.29, 1.82) is 0 Å². The number of benzene rings is 1. The Kier molecular flexibility index (Phi) is 3.40. The van der Waals surface area contributed by atoms with Crippen LogP contribution in [-0.2, 0) is 6.42 Å². The van der Waals surface area contributed by atoms with E-state index in [9.17, 15) is 22.8 Å². The van der Waals surface area contributed by atoms with E-state index in [0.717, 1.165) is 18.2 Å². The summed E-state index contributed by atoms with van der Waals surface area (Å²) in [5.41, 5.74) is -1.36. The number of rotatable bonds is 3. The maximum atomic E-state index is 12.1. The molecule has 0 aliphatic carbocycles. The first-order valence-electron chi connectivity index (χ1n) is 4.36. The highest BCUT2D eigenvalue weighted by atomic mass is 19.4. The molecule has 0 unspecified atom stereocenters. The fourth-order valence-electron chi connectivity index (χ4n) is 1.27. The van der Waals surface area contributed by atoms with Gasteiger partial charge in [0.2, 0.25) is 0 Å². The van der Waals surface area contributed by atoms with Crippen LogP contribution in [0.1, 0.15) is 26.3 Å². The van der Waals surface area contributed by atoms with Crippen LogP contribution in [0, 0.1) is 0 Å². The van der Waals surface area contributed by atoms with Gasteiger partial charge < -0.3 is 10.2 Å². The molecule has 0 spiro atoms. The number of alkyl halides is 3. The van der Waals surface area contributed by atoms with Gasteiger partial charge in [-0.05, 0) is 23.8 Å². The zero-order valence-electron chi connectivity index (χ0n) is 8.28. The van der Waals surface area contributed by atoms with Crippen molar-refractivity contribution in [3.8, 4) is 0 Å². The Bertz CT molecular complexity index is 433. The Morgan fingerprint density at radius 2 is 1.41 bits per heavy atom. The van der Waals surface area contributed by atoms with Gasteiger partial charge in [0.25, 0.3) is 0 Å².